The lowest BCUT2D eigenvalue weighted by molar-refractivity contribution is 0.517. The first kappa shape index (κ1) is 11.6. The van der Waals surface area contributed by atoms with Crippen LogP contribution in [0.3, 0.4) is 0 Å². The molecule has 0 bridgehead atoms. The van der Waals surface area contributed by atoms with E-state index in [0.717, 1.165) is 11.3 Å². The molecule has 3 N–H and O–H groups in total. The average Bonchev–Trinajstić information content (AvgIpc) is 2.38. The molecule has 5 nitrogen and oxygen atoms in total. The normalized spacial score (nSPS) is 12.4. The molecular weight excluding hydrogens is 214 g/mol. The van der Waals surface area contributed by atoms with Crippen LogP contribution >= 0.6 is 0 Å². The Morgan fingerprint density at radius 2 is 2.00 bits per heavy atom. The molecule has 0 saturated heterocycles. The summed E-state index contributed by atoms with van der Waals surface area (Å²) < 4.78 is 0. The molecule has 5 heteroatoms. The second kappa shape index (κ2) is 5.47. The molecule has 1 atom stereocenters. The molecule has 17 heavy (non-hydrogen) atoms. The maximum absolute atomic E-state index is 5.53. The van der Waals surface area contributed by atoms with E-state index < -0.39 is 0 Å². The van der Waals surface area contributed by atoms with Crippen LogP contribution in [0.25, 0.3) is 0 Å². The molecule has 0 saturated carbocycles. The van der Waals surface area contributed by atoms with Gasteiger partial charge in [-0.2, -0.15) is 0 Å². The summed E-state index contributed by atoms with van der Waals surface area (Å²) in [5.41, 5.74) is 4.71. The predicted octanol–water partition coefficient (Wildman–Crippen LogP) is 0.927. The number of hydrogen-bond acceptors (Lipinski definition) is 5. The topological polar surface area (TPSA) is 76.7 Å². The maximum Gasteiger partial charge on any atom is 0.146 e. The van der Waals surface area contributed by atoms with Crippen LogP contribution in [0.1, 0.15) is 23.1 Å². The first-order valence-corrected chi connectivity index (χ1v) is 5.44. The highest BCUT2D eigenvalue weighted by Crippen LogP contribution is 2.12. The summed E-state index contributed by atoms with van der Waals surface area (Å²) >= 11 is 0. The van der Waals surface area contributed by atoms with Crippen molar-refractivity contribution >= 4 is 0 Å². The first-order valence-electron chi connectivity index (χ1n) is 5.44. The van der Waals surface area contributed by atoms with Crippen molar-refractivity contribution in [2.75, 3.05) is 0 Å². The zero-order chi connectivity index (χ0) is 12.1. The Hall–Kier alpha value is -1.85. The first-order chi connectivity index (χ1) is 8.29. The number of pyridine rings is 1. The molecule has 0 aliphatic carbocycles. The van der Waals surface area contributed by atoms with Crippen molar-refractivity contribution in [3.63, 3.8) is 0 Å². The Labute approximate surface area is 100 Å². The third-order valence-electron chi connectivity index (χ3n) is 2.45. The molecule has 0 aromatic carbocycles. The number of nitrogens with one attached hydrogen (secondary N) is 1. The third kappa shape index (κ3) is 3.05. The highest BCUT2D eigenvalue weighted by molar-refractivity contribution is 5.10. The minimum Gasteiger partial charge on any atom is -0.271 e. The molecule has 2 heterocycles. The van der Waals surface area contributed by atoms with Crippen LogP contribution in [0.2, 0.25) is 0 Å². The van der Waals surface area contributed by atoms with Gasteiger partial charge in [-0.1, -0.05) is 6.07 Å². The summed E-state index contributed by atoms with van der Waals surface area (Å²) in [6.07, 6.45) is 6.00. The summed E-state index contributed by atoms with van der Waals surface area (Å²) in [6, 6.07) is 5.67. The SMILES string of the molecule is Cc1cnc(C(Cc2ccccn2)NN)nc1. The van der Waals surface area contributed by atoms with Gasteiger partial charge in [0.05, 0.1) is 6.04 Å². The number of aromatic nitrogens is 3. The Morgan fingerprint density at radius 3 is 2.59 bits per heavy atom. The Bertz CT molecular complexity index is 454. The van der Waals surface area contributed by atoms with Gasteiger partial charge in [-0.05, 0) is 24.6 Å². The van der Waals surface area contributed by atoms with Crippen LogP contribution in [0, 0.1) is 6.92 Å². The van der Waals surface area contributed by atoms with Crippen LogP contribution in [0.5, 0.6) is 0 Å². The van der Waals surface area contributed by atoms with E-state index in [0.29, 0.717) is 12.2 Å². The molecule has 0 aliphatic rings. The lowest BCUT2D eigenvalue weighted by Gasteiger charge is -2.13. The van der Waals surface area contributed by atoms with Crippen molar-refractivity contribution in [2.45, 2.75) is 19.4 Å². The number of rotatable bonds is 4. The standard InChI is InChI=1S/C12H15N5/c1-9-7-15-12(16-8-9)11(17-13)6-10-4-2-3-5-14-10/h2-5,7-8,11,17H,6,13H2,1H3. The molecule has 0 spiro atoms. The van der Waals surface area contributed by atoms with Gasteiger partial charge in [0.25, 0.3) is 0 Å². The second-order valence-corrected chi connectivity index (χ2v) is 3.86. The molecular formula is C12H15N5. The van der Waals surface area contributed by atoms with Gasteiger partial charge in [-0.15, -0.1) is 0 Å². The number of hydrazine groups is 1. The van der Waals surface area contributed by atoms with Crippen LogP contribution in [-0.2, 0) is 6.42 Å². The minimum absolute atomic E-state index is 0.120. The number of nitrogens with two attached hydrogens (primary N) is 1. The summed E-state index contributed by atoms with van der Waals surface area (Å²) in [4.78, 5) is 12.8. The van der Waals surface area contributed by atoms with E-state index in [1.54, 1.807) is 18.6 Å². The van der Waals surface area contributed by atoms with Gasteiger partial charge >= 0.3 is 0 Å². The highest BCUT2D eigenvalue weighted by atomic mass is 15.2. The molecule has 2 aromatic rings. The van der Waals surface area contributed by atoms with Crippen molar-refractivity contribution in [2.24, 2.45) is 5.84 Å². The third-order valence-corrected chi connectivity index (χ3v) is 2.45. The lowest BCUT2D eigenvalue weighted by atomic mass is 10.1. The molecule has 2 aromatic heterocycles. The number of hydrogen-bond donors (Lipinski definition) is 2. The summed E-state index contributed by atoms with van der Waals surface area (Å²) in [7, 11) is 0. The second-order valence-electron chi connectivity index (χ2n) is 3.86. The number of nitrogens with zero attached hydrogens (tertiary/aromatic N) is 3. The fourth-order valence-corrected chi connectivity index (χ4v) is 1.54. The highest BCUT2D eigenvalue weighted by Gasteiger charge is 2.13. The van der Waals surface area contributed by atoms with Gasteiger partial charge in [0.2, 0.25) is 0 Å². The largest absolute Gasteiger partial charge is 0.271 e. The molecule has 0 aliphatic heterocycles. The van der Waals surface area contributed by atoms with E-state index in [-0.39, 0.29) is 6.04 Å². The summed E-state index contributed by atoms with van der Waals surface area (Å²) in [5.74, 6) is 6.22. The van der Waals surface area contributed by atoms with Gasteiger partial charge in [-0.25, -0.2) is 15.4 Å². The fraction of sp³-hybridized carbons (Fsp3) is 0.250. The van der Waals surface area contributed by atoms with Gasteiger partial charge < -0.3 is 0 Å². The van der Waals surface area contributed by atoms with Gasteiger partial charge in [-0.3, -0.25) is 10.8 Å². The van der Waals surface area contributed by atoms with Crippen molar-refractivity contribution in [3.8, 4) is 0 Å². The van der Waals surface area contributed by atoms with E-state index in [1.807, 2.05) is 25.1 Å². The number of aryl methyl sites for hydroxylation is 1. The van der Waals surface area contributed by atoms with E-state index in [2.05, 4.69) is 20.4 Å². The van der Waals surface area contributed by atoms with E-state index >= 15 is 0 Å². The van der Waals surface area contributed by atoms with Crippen molar-refractivity contribution in [1.29, 1.82) is 0 Å². The predicted molar refractivity (Wildman–Crippen MR) is 64.8 cm³/mol. The molecule has 0 amide bonds. The molecule has 0 fully saturated rings. The Balaban J connectivity index is 2.14. The molecule has 2 rings (SSSR count). The molecule has 88 valence electrons. The average molecular weight is 229 g/mol. The molecule has 0 radical (unpaired) electrons. The maximum atomic E-state index is 5.53. The minimum atomic E-state index is -0.120. The molecule has 1 unspecified atom stereocenters. The Morgan fingerprint density at radius 1 is 1.24 bits per heavy atom. The van der Waals surface area contributed by atoms with Crippen molar-refractivity contribution in [3.05, 3.63) is 53.9 Å². The van der Waals surface area contributed by atoms with Crippen LogP contribution in [0.4, 0.5) is 0 Å². The van der Waals surface area contributed by atoms with Crippen LogP contribution < -0.4 is 11.3 Å². The van der Waals surface area contributed by atoms with Crippen LogP contribution in [0.15, 0.2) is 36.8 Å². The zero-order valence-corrected chi connectivity index (χ0v) is 9.67. The van der Waals surface area contributed by atoms with E-state index in [1.165, 1.54) is 0 Å². The zero-order valence-electron chi connectivity index (χ0n) is 9.67. The van der Waals surface area contributed by atoms with Crippen molar-refractivity contribution < 1.29 is 0 Å². The van der Waals surface area contributed by atoms with Crippen molar-refractivity contribution in [1.82, 2.24) is 20.4 Å². The van der Waals surface area contributed by atoms with E-state index in [9.17, 15) is 0 Å². The van der Waals surface area contributed by atoms with Gasteiger partial charge in [0.1, 0.15) is 5.82 Å². The summed E-state index contributed by atoms with van der Waals surface area (Å²) in [5, 5.41) is 0. The van der Waals surface area contributed by atoms with Gasteiger partial charge in [0.15, 0.2) is 0 Å². The smallest absolute Gasteiger partial charge is 0.146 e. The monoisotopic (exact) mass is 229 g/mol. The van der Waals surface area contributed by atoms with Crippen LogP contribution in [-0.4, -0.2) is 15.0 Å². The van der Waals surface area contributed by atoms with E-state index in [4.69, 9.17) is 5.84 Å². The lowest BCUT2D eigenvalue weighted by Crippen LogP contribution is -2.31. The fourth-order valence-electron chi connectivity index (χ4n) is 1.54. The quantitative estimate of drug-likeness (QED) is 0.602. The summed E-state index contributed by atoms with van der Waals surface area (Å²) in [6.45, 7) is 1.95. The van der Waals surface area contributed by atoms with Gasteiger partial charge in [0, 0.05) is 30.7 Å². The Kier molecular flexibility index (Phi) is 3.74.